The van der Waals surface area contributed by atoms with Crippen LogP contribution in [0.2, 0.25) is 0 Å². The fourth-order valence-electron chi connectivity index (χ4n) is 1.05. The molecule has 1 unspecified atom stereocenters. The van der Waals surface area contributed by atoms with Crippen molar-refractivity contribution in [2.75, 3.05) is 6.61 Å². The van der Waals surface area contributed by atoms with Gasteiger partial charge in [-0.2, -0.15) is 0 Å². The third kappa shape index (κ3) is 4.61. The Hall–Kier alpha value is -0.570. The molecule has 0 aromatic carbocycles. The Morgan fingerprint density at radius 3 is 2.50 bits per heavy atom. The van der Waals surface area contributed by atoms with E-state index in [9.17, 15) is 4.79 Å². The number of hydrogen-bond acceptors (Lipinski definition) is 2. The summed E-state index contributed by atoms with van der Waals surface area (Å²) < 4.78 is 0. The minimum atomic E-state index is -0.284. The highest BCUT2D eigenvalue weighted by molar-refractivity contribution is 5.81. The van der Waals surface area contributed by atoms with Gasteiger partial charge >= 0.3 is 0 Å². The molecular weight excluding hydrogens is 178 g/mol. The summed E-state index contributed by atoms with van der Waals surface area (Å²) in [6.45, 7) is 8.07. The predicted molar refractivity (Wildman–Crippen MR) is 58.0 cm³/mol. The first-order chi connectivity index (χ1) is 6.44. The summed E-state index contributed by atoms with van der Waals surface area (Å²) in [5.41, 5.74) is -0.284. The standard InChI is InChI=1S/C11H23NO2/c1-5-11(3,4)10(14)12-9(2)7-6-8-13/h9,13H,5-8H2,1-4H3,(H,12,14). The molecule has 0 radical (unpaired) electrons. The number of amides is 1. The van der Waals surface area contributed by atoms with E-state index in [-0.39, 0.29) is 24.0 Å². The van der Waals surface area contributed by atoms with Gasteiger partial charge in [0.2, 0.25) is 5.91 Å². The van der Waals surface area contributed by atoms with E-state index >= 15 is 0 Å². The molecule has 0 aromatic heterocycles. The summed E-state index contributed by atoms with van der Waals surface area (Å²) in [6, 6.07) is 0.153. The quantitative estimate of drug-likeness (QED) is 0.687. The van der Waals surface area contributed by atoms with Gasteiger partial charge in [-0.25, -0.2) is 0 Å². The molecular formula is C11H23NO2. The van der Waals surface area contributed by atoms with E-state index in [1.54, 1.807) is 0 Å². The van der Waals surface area contributed by atoms with Gasteiger partial charge in [0.15, 0.2) is 0 Å². The molecule has 0 aliphatic rings. The van der Waals surface area contributed by atoms with Crippen molar-refractivity contribution in [1.82, 2.24) is 5.32 Å². The molecule has 0 aliphatic carbocycles. The third-order valence-electron chi connectivity index (χ3n) is 2.67. The van der Waals surface area contributed by atoms with Crippen molar-refractivity contribution in [3.8, 4) is 0 Å². The number of hydrogen-bond donors (Lipinski definition) is 2. The van der Waals surface area contributed by atoms with Crippen LogP contribution in [0.25, 0.3) is 0 Å². The lowest BCUT2D eigenvalue weighted by Gasteiger charge is -2.24. The van der Waals surface area contributed by atoms with Crippen molar-refractivity contribution < 1.29 is 9.90 Å². The van der Waals surface area contributed by atoms with E-state index in [4.69, 9.17) is 5.11 Å². The van der Waals surface area contributed by atoms with Crippen LogP contribution in [0.1, 0.15) is 47.0 Å². The van der Waals surface area contributed by atoms with Crippen LogP contribution in [0.5, 0.6) is 0 Å². The van der Waals surface area contributed by atoms with Gasteiger partial charge in [0.05, 0.1) is 0 Å². The SMILES string of the molecule is CCC(C)(C)C(=O)NC(C)CCCO. The Balaban J connectivity index is 3.93. The monoisotopic (exact) mass is 201 g/mol. The van der Waals surface area contributed by atoms with Crippen molar-refractivity contribution in [2.24, 2.45) is 5.41 Å². The molecule has 14 heavy (non-hydrogen) atoms. The number of carbonyl (C=O) groups excluding carboxylic acids is 1. The summed E-state index contributed by atoms with van der Waals surface area (Å²) in [4.78, 5) is 11.7. The highest BCUT2D eigenvalue weighted by Gasteiger charge is 2.25. The van der Waals surface area contributed by atoms with Gasteiger partial charge < -0.3 is 10.4 Å². The van der Waals surface area contributed by atoms with Gasteiger partial charge in [-0.3, -0.25) is 4.79 Å². The molecule has 0 heterocycles. The number of aliphatic hydroxyl groups excluding tert-OH is 1. The van der Waals surface area contributed by atoms with E-state index in [0.717, 1.165) is 19.3 Å². The lowest BCUT2D eigenvalue weighted by molar-refractivity contribution is -0.130. The minimum Gasteiger partial charge on any atom is -0.396 e. The van der Waals surface area contributed by atoms with Crippen LogP contribution in [-0.4, -0.2) is 23.7 Å². The van der Waals surface area contributed by atoms with Crippen LogP contribution in [0.15, 0.2) is 0 Å². The average Bonchev–Trinajstić information content (AvgIpc) is 2.14. The molecule has 0 rings (SSSR count). The zero-order valence-electron chi connectivity index (χ0n) is 9.76. The van der Waals surface area contributed by atoms with Crippen molar-refractivity contribution >= 4 is 5.91 Å². The second-order valence-electron chi connectivity index (χ2n) is 4.48. The zero-order valence-corrected chi connectivity index (χ0v) is 9.76. The molecule has 84 valence electrons. The van der Waals surface area contributed by atoms with Gasteiger partial charge in [-0.15, -0.1) is 0 Å². The smallest absolute Gasteiger partial charge is 0.225 e. The highest BCUT2D eigenvalue weighted by atomic mass is 16.2. The second-order valence-corrected chi connectivity index (χ2v) is 4.48. The number of carbonyl (C=O) groups is 1. The maximum Gasteiger partial charge on any atom is 0.225 e. The molecule has 1 atom stereocenters. The molecule has 2 N–H and O–H groups in total. The second kappa shape index (κ2) is 6.02. The van der Waals surface area contributed by atoms with Crippen molar-refractivity contribution in [3.05, 3.63) is 0 Å². The van der Waals surface area contributed by atoms with Crippen molar-refractivity contribution in [2.45, 2.75) is 53.0 Å². The Bertz CT molecular complexity index is 178. The largest absolute Gasteiger partial charge is 0.396 e. The zero-order chi connectivity index (χ0) is 11.2. The van der Waals surface area contributed by atoms with E-state index in [0.29, 0.717) is 0 Å². The van der Waals surface area contributed by atoms with Crippen molar-refractivity contribution in [1.29, 1.82) is 0 Å². The Kier molecular flexibility index (Phi) is 5.77. The van der Waals surface area contributed by atoms with Crippen molar-refractivity contribution in [3.63, 3.8) is 0 Å². The van der Waals surface area contributed by atoms with Crippen LogP contribution in [-0.2, 0) is 4.79 Å². The number of aliphatic hydroxyl groups is 1. The predicted octanol–water partition coefficient (Wildman–Crippen LogP) is 1.70. The molecule has 3 nitrogen and oxygen atoms in total. The topological polar surface area (TPSA) is 49.3 Å². The maximum atomic E-state index is 11.7. The van der Waals surface area contributed by atoms with Gasteiger partial charge in [0.25, 0.3) is 0 Å². The molecule has 0 bridgehead atoms. The van der Waals surface area contributed by atoms with E-state index in [2.05, 4.69) is 5.32 Å². The Morgan fingerprint density at radius 1 is 1.50 bits per heavy atom. The van der Waals surface area contributed by atoms with Crippen LogP contribution >= 0.6 is 0 Å². The van der Waals surface area contributed by atoms with Crippen LogP contribution in [0.4, 0.5) is 0 Å². The first kappa shape index (κ1) is 13.4. The van der Waals surface area contributed by atoms with Gasteiger partial charge in [0.1, 0.15) is 0 Å². The summed E-state index contributed by atoms with van der Waals surface area (Å²) in [7, 11) is 0. The van der Waals surface area contributed by atoms with E-state index in [1.165, 1.54) is 0 Å². The number of nitrogens with one attached hydrogen (secondary N) is 1. The normalized spacial score (nSPS) is 13.8. The summed E-state index contributed by atoms with van der Waals surface area (Å²) in [6.07, 6.45) is 2.42. The minimum absolute atomic E-state index is 0.102. The van der Waals surface area contributed by atoms with Crippen LogP contribution in [0.3, 0.4) is 0 Å². The summed E-state index contributed by atoms with van der Waals surface area (Å²) in [5.74, 6) is 0.102. The molecule has 0 saturated carbocycles. The first-order valence-electron chi connectivity index (χ1n) is 5.36. The first-order valence-corrected chi connectivity index (χ1v) is 5.36. The molecule has 0 spiro atoms. The lowest BCUT2D eigenvalue weighted by Crippen LogP contribution is -2.41. The molecule has 1 amide bonds. The fraction of sp³-hybridized carbons (Fsp3) is 0.909. The van der Waals surface area contributed by atoms with Crippen LogP contribution in [0, 0.1) is 5.41 Å². The van der Waals surface area contributed by atoms with E-state index in [1.807, 2.05) is 27.7 Å². The Labute approximate surface area is 86.9 Å². The highest BCUT2D eigenvalue weighted by Crippen LogP contribution is 2.19. The fourth-order valence-corrected chi connectivity index (χ4v) is 1.05. The Morgan fingerprint density at radius 2 is 2.07 bits per heavy atom. The van der Waals surface area contributed by atoms with Gasteiger partial charge in [0, 0.05) is 18.1 Å². The van der Waals surface area contributed by atoms with Gasteiger partial charge in [-0.05, 0) is 26.2 Å². The summed E-state index contributed by atoms with van der Waals surface area (Å²) >= 11 is 0. The third-order valence-corrected chi connectivity index (χ3v) is 2.67. The summed E-state index contributed by atoms with van der Waals surface area (Å²) in [5, 5.41) is 11.6. The molecule has 0 aliphatic heterocycles. The molecule has 0 fully saturated rings. The lowest BCUT2D eigenvalue weighted by atomic mass is 9.89. The average molecular weight is 201 g/mol. The van der Waals surface area contributed by atoms with Crippen LogP contribution < -0.4 is 5.32 Å². The molecule has 3 heteroatoms. The maximum absolute atomic E-state index is 11.7. The molecule has 0 aromatic rings. The molecule has 0 saturated heterocycles. The van der Waals surface area contributed by atoms with Gasteiger partial charge in [-0.1, -0.05) is 20.8 Å². The number of rotatable bonds is 6. The van der Waals surface area contributed by atoms with E-state index < -0.39 is 0 Å².